The van der Waals surface area contributed by atoms with Crippen LogP contribution < -0.4 is 5.73 Å². The van der Waals surface area contributed by atoms with Crippen LogP contribution in [0.25, 0.3) is 0 Å². The molecule has 0 heterocycles. The van der Waals surface area contributed by atoms with Gasteiger partial charge in [0.25, 0.3) is 0 Å². The SMILES string of the molecule is CN(CC1CC1)S(=O)(=O)c1c(N)cccc1Cl. The summed E-state index contributed by atoms with van der Waals surface area (Å²) >= 11 is 5.92. The highest BCUT2D eigenvalue weighted by Crippen LogP contribution is 2.33. The van der Waals surface area contributed by atoms with Gasteiger partial charge in [-0.15, -0.1) is 0 Å². The highest BCUT2D eigenvalue weighted by Gasteiger charge is 2.31. The lowest BCUT2D eigenvalue weighted by atomic mass is 10.3. The number of nitrogen functional groups attached to an aromatic ring is 1. The van der Waals surface area contributed by atoms with Crippen LogP contribution in [-0.2, 0) is 10.0 Å². The number of rotatable bonds is 4. The molecule has 4 nitrogen and oxygen atoms in total. The molecule has 0 amide bonds. The number of halogens is 1. The fourth-order valence-electron chi connectivity index (χ4n) is 1.72. The highest BCUT2D eigenvalue weighted by atomic mass is 35.5. The van der Waals surface area contributed by atoms with E-state index in [0.717, 1.165) is 12.8 Å². The van der Waals surface area contributed by atoms with E-state index in [1.165, 1.54) is 10.4 Å². The lowest BCUT2D eigenvalue weighted by Crippen LogP contribution is -2.29. The molecule has 0 atom stereocenters. The van der Waals surface area contributed by atoms with E-state index in [9.17, 15) is 8.42 Å². The van der Waals surface area contributed by atoms with E-state index >= 15 is 0 Å². The van der Waals surface area contributed by atoms with Gasteiger partial charge in [-0.25, -0.2) is 12.7 Å². The minimum atomic E-state index is -3.58. The smallest absolute Gasteiger partial charge is 0.246 e. The van der Waals surface area contributed by atoms with Crippen molar-refractivity contribution in [2.75, 3.05) is 19.3 Å². The molecular formula is C11H15ClN2O2S. The number of anilines is 1. The third-order valence-electron chi connectivity index (χ3n) is 2.88. The second-order valence-electron chi connectivity index (χ2n) is 4.39. The van der Waals surface area contributed by atoms with Gasteiger partial charge in [0.1, 0.15) is 4.90 Å². The molecule has 0 aliphatic heterocycles. The van der Waals surface area contributed by atoms with Crippen LogP contribution in [0.15, 0.2) is 23.1 Å². The van der Waals surface area contributed by atoms with E-state index < -0.39 is 10.0 Å². The molecule has 0 bridgehead atoms. The lowest BCUT2D eigenvalue weighted by molar-refractivity contribution is 0.453. The Hall–Kier alpha value is -0.780. The second-order valence-corrected chi connectivity index (χ2v) is 6.78. The average Bonchev–Trinajstić information content (AvgIpc) is 3.00. The van der Waals surface area contributed by atoms with E-state index in [1.807, 2.05) is 0 Å². The Morgan fingerprint density at radius 1 is 1.47 bits per heavy atom. The topological polar surface area (TPSA) is 63.4 Å². The van der Waals surface area contributed by atoms with E-state index in [4.69, 9.17) is 17.3 Å². The molecule has 1 aromatic carbocycles. The summed E-state index contributed by atoms with van der Waals surface area (Å²) in [5, 5.41) is 0.174. The van der Waals surface area contributed by atoms with Gasteiger partial charge < -0.3 is 5.73 Å². The quantitative estimate of drug-likeness (QED) is 0.854. The van der Waals surface area contributed by atoms with Crippen LogP contribution in [0.3, 0.4) is 0 Å². The fraction of sp³-hybridized carbons (Fsp3) is 0.455. The molecule has 0 unspecified atom stereocenters. The van der Waals surface area contributed by atoms with Crippen molar-refractivity contribution >= 4 is 27.3 Å². The van der Waals surface area contributed by atoms with E-state index in [0.29, 0.717) is 12.5 Å². The minimum absolute atomic E-state index is 0.0183. The monoisotopic (exact) mass is 274 g/mol. The molecule has 6 heteroatoms. The van der Waals surface area contributed by atoms with Crippen molar-refractivity contribution in [3.8, 4) is 0 Å². The highest BCUT2D eigenvalue weighted by molar-refractivity contribution is 7.89. The summed E-state index contributed by atoms with van der Waals surface area (Å²) in [6.07, 6.45) is 2.19. The first kappa shape index (κ1) is 12.7. The number of nitrogens with zero attached hydrogens (tertiary/aromatic N) is 1. The van der Waals surface area contributed by atoms with Crippen molar-refractivity contribution < 1.29 is 8.42 Å². The van der Waals surface area contributed by atoms with Gasteiger partial charge in [0.05, 0.1) is 10.7 Å². The molecule has 2 rings (SSSR count). The third-order valence-corrected chi connectivity index (χ3v) is 5.25. The Labute approximate surface area is 106 Å². The molecule has 0 saturated heterocycles. The molecule has 1 saturated carbocycles. The van der Waals surface area contributed by atoms with Gasteiger partial charge in [0, 0.05) is 13.6 Å². The third kappa shape index (κ3) is 2.56. The standard InChI is InChI=1S/C11H15ClN2O2S/c1-14(7-8-5-6-8)17(15,16)11-9(12)3-2-4-10(11)13/h2-4,8H,5-7,13H2,1H3. The number of sulfonamides is 1. The molecule has 0 spiro atoms. The number of benzene rings is 1. The maximum atomic E-state index is 12.3. The first-order valence-corrected chi connectivity index (χ1v) is 7.25. The van der Waals surface area contributed by atoms with Crippen LogP contribution in [0.4, 0.5) is 5.69 Å². The van der Waals surface area contributed by atoms with Crippen molar-refractivity contribution in [2.24, 2.45) is 5.92 Å². The molecule has 1 aromatic rings. The van der Waals surface area contributed by atoms with Gasteiger partial charge in [-0.2, -0.15) is 0 Å². The summed E-state index contributed by atoms with van der Waals surface area (Å²) < 4.78 is 25.9. The zero-order valence-corrected chi connectivity index (χ0v) is 11.1. The Kier molecular flexibility index (Phi) is 3.34. The number of hydrogen-bond donors (Lipinski definition) is 1. The summed E-state index contributed by atoms with van der Waals surface area (Å²) in [6, 6.07) is 4.72. The summed E-state index contributed by atoms with van der Waals surface area (Å²) in [5.41, 5.74) is 5.90. The molecule has 17 heavy (non-hydrogen) atoms. The van der Waals surface area contributed by atoms with Crippen LogP contribution in [0, 0.1) is 5.92 Å². The molecule has 1 aliphatic carbocycles. The van der Waals surface area contributed by atoms with Crippen LogP contribution in [0.5, 0.6) is 0 Å². The van der Waals surface area contributed by atoms with Crippen LogP contribution in [0.2, 0.25) is 5.02 Å². The number of hydrogen-bond acceptors (Lipinski definition) is 3. The molecule has 0 aromatic heterocycles. The van der Waals surface area contributed by atoms with E-state index in [2.05, 4.69) is 0 Å². The summed E-state index contributed by atoms with van der Waals surface area (Å²) in [7, 11) is -2.01. The van der Waals surface area contributed by atoms with Gasteiger partial charge in [0.15, 0.2) is 0 Å². The van der Waals surface area contributed by atoms with Crippen LogP contribution in [0.1, 0.15) is 12.8 Å². The first-order valence-electron chi connectivity index (χ1n) is 5.43. The maximum absolute atomic E-state index is 12.3. The predicted molar refractivity (Wildman–Crippen MR) is 68.4 cm³/mol. The van der Waals surface area contributed by atoms with Crippen LogP contribution >= 0.6 is 11.6 Å². The molecule has 94 valence electrons. The van der Waals surface area contributed by atoms with Crippen LogP contribution in [-0.4, -0.2) is 26.3 Å². The second kappa shape index (κ2) is 4.48. The van der Waals surface area contributed by atoms with Gasteiger partial charge in [-0.1, -0.05) is 17.7 Å². The number of nitrogens with two attached hydrogens (primary N) is 1. The van der Waals surface area contributed by atoms with Gasteiger partial charge >= 0.3 is 0 Å². The van der Waals surface area contributed by atoms with Crippen molar-refractivity contribution in [1.82, 2.24) is 4.31 Å². The Morgan fingerprint density at radius 3 is 2.65 bits per heavy atom. The van der Waals surface area contributed by atoms with Gasteiger partial charge in [-0.3, -0.25) is 0 Å². The fourth-order valence-corrected chi connectivity index (χ4v) is 3.59. The molecule has 0 radical (unpaired) electrons. The largest absolute Gasteiger partial charge is 0.398 e. The van der Waals surface area contributed by atoms with Gasteiger partial charge in [0.2, 0.25) is 10.0 Å². The lowest BCUT2D eigenvalue weighted by Gasteiger charge is -2.18. The Bertz CT molecular complexity index is 506. The summed E-state index contributed by atoms with van der Waals surface area (Å²) in [5.74, 6) is 0.485. The predicted octanol–water partition coefficient (Wildman–Crippen LogP) is 1.95. The molecule has 1 fully saturated rings. The summed E-state index contributed by atoms with van der Waals surface area (Å²) in [4.78, 5) is 0.0183. The summed E-state index contributed by atoms with van der Waals surface area (Å²) in [6.45, 7) is 0.535. The Morgan fingerprint density at radius 2 is 2.12 bits per heavy atom. The zero-order chi connectivity index (χ0) is 12.6. The van der Waals surface area contributed by atoms with Crippen molar-refractivity contribution in [1.29, 1.82) is 0 Å². The minimum Gasteiger partial charge on any atom is -0.398 e. The zero-order valence-electron chi connectivity index (χ0n) is 9.56. The normalized spacial score (nSPS) is 16.4. The first-order chi connectivity index (χ1) is 7.93. The van der Waals surface area contributed by atoms with E-state index in [-0.39, 0.29) is 15.6 Å². The molecular weight excluding hydrogens is 260 g/mol. The molecule has 1 aliphatic rings. The van der Waals surface area contributed by atoms with Gasteiger partial charge in [-0.05, 0) is 30.9 Å². The van der Waals surface area contributed by atoms with E-state index in [1.54, 1.807) is 19.2 Å². The Balaban J connectivity index is 2.36. The maximum Gasteiger partial charge on any atom is 0.246 e. The van der Waals surface area contributed by atoms with Crippen molar-refractivity contribution in [3.63, 3.8) is 0 Å². The van der Waals surface area contributed by atoms with Crippen molar-refractivity contribution in [3.05, 3.63) is 23.2 Å². The molecule has 2 N–H and O–H groups in total. The van der Waals surface area contributed by atoms with Crippen molar-refractivity contribution in [2.45, 2.75) is 17.7 Å². The average molecular weight is 275 g/mol.